The Labute approximate surface area is 146 Å². The summed E-state index contributed by atoms with van der Waals surface area (Å²) >= 11 is 0. The molecule has 5 heteroatoms. The van der Waals surface area contributed by atoms with Crippen molar-refractivity contribution in [2.45, 2.75) is 25.4 Å². The molecule has 0 saturated carbocycles. The summed E-state index contributed by atoms with van der Waals surface area (Å²) in [5, 5.41) is 12.3. The molecule has 3 rings (SSSR count). The molecule has 1 aliphatic heterocycles. The summed E-state index contributed by atoms with van der Waals surface area (Å²) < 4.78 is 13.8. The van der Waals surface area contributed by atoms with Crippen LogP contribution in [-0.2, 0) is 6.54 Å². The smallest absolute Gasteiger partial charge is 0.256 e. The normalized spacial score (nSPS) is 15.0. The number of nitriles is 1. The van der Waals surface area contributed by atoms with Gasteiger partial charge in [0.15, 0.2) is 0 Å². The molecule has 128 valence electrons. The summed E-state index contributed by atoms with van der Waals surface area (Å²) in [6, 6.07) is 16.1. The van der Waals surface area contributed by atoms with Gasteiger partial charge in [0, 0.05) is 25.7 Å². The fraction of sp³-hybridized carbons (Fsp3) is 0.300. The number of carbonyl (C=O) groups excluding carboxylic acids is 1. The van der Waals surface area contributed by atoms with E-state index in [0.29, 0.717) is 24.7 Å². The molecule has 0 spiro atoms. The minimum Gasteiger partial charge on any atom is -0.338 e. The molecule has 0 aromatic heterocycles. The molecule has 1 saturated heterocycles. The van der Waals surface area contributed by atoms with Crippen molar-refractivity contribution in [2.24, 2.45) is 0 Å². The molecule has 2 aromatic carbocycles. The average Bonchev–Trinajstić information content (AvgIpc) is 2.67. The highest BCUT2D eigenvalue weighted by Crippen LogP contribution is 2.16. The zero-order chi connectivity index (χ0) is 17.6. The molecule has 4 nitrogen and oxygen atoms in total. The molecular formula is C20H20FN3O. The Morgan fingerprint density at radius 3 is 2.48 bits per heavy atom. The molecule has 0 radical (unpaired) electrons. The molecule has 1 amide bonds. The maximum Gasteiger partial charge on any atom is 0.256 e. The molecular weight excluding hydrogens is 317 g/mol. The lowest BCUT2D eigenvalue weighted by molar-refractivity contribution is 0.0700. The van der Waals surface area contributed by atoms with Crippen LogP contribution in [0, 0.1) is 17.1 Å². The van der Waals surface area contributed by atoms with Crippen molar-refractivity contribution in [1.29, 1.82) is 5.26 Å². The highest BCUT2D eigenvalue weighted by molar-refractivity contribution is 5.94. The first-order chi connectivity index (χ1) is 12.2. The summed E-state index contributed by atoms with van der Waals surface area (Å²) in [7, 11) is 0. The summed E-state index contributed by atoms with van der Waals surface area (Å²) in [6.07, 6.45) is 1.69. The number of piperidine rings is 1. The van der Waals surface area contributed by atoms with E-state index in [0.717, 1.165) is 24.9 Å². The van der Waals surface area contributed by atoms with Gasteiger partial charge in [0.2, 0.25) is 0 Å². The quantitative estimate of drug-likeness (QED) is 0.933. The van der Waals surface area contributed by atoms with Crippen LogP contribution < -0.4 is 5.32 Å². The summed E-state index contributed by atoms with van der Waals surface area (Å²) in [4.78, 5) is 14.1. The van der Waals surface area contributed by atoms with E-state index in [1.165, 1.54) is 12.1 Å². The van der Waals surface area contributed by atoms with Gasteiger partial charge in [-0.15, -0.1) is 0 Å². The standard InChI is InChI=1S/C20H20FN3O/c21-19-4-2-1-3-18(19)20(25)24-11-9-17(10-12-24)23-14-16-7-5-15(13-22)6-8-16/h1-8,17,23H,9-12,14H2. The molecule has 25 heavy (non-hydrogen) atoms. The van der Waals surface area contributed by atoms with Crippen molar-refractivity contribution in [2.75, 3.05) is 13.1 Å². The van der Waals surface area contributed by atoms with Gasteiger partial charge in [-0.3, -0.25) is 4.79 Å². The fourth-order valence-corrected chi connectivity index (χ4v) is 3.05. The van der Waals surface area contributed by atoms with Gasteiger partial charge in [-0.1, -0.05) is 24.3 Å². The number of hydrogen-bond donors (Lipinski definition) is 1. The highest BCUT2D eigenvalue weighted by Gasteiger charge is 2.24. The Morgan fingerprint density at radius 1 is 1.16 bits per heavy atom. The lowest BCUT2D eigenvalue weighted by atomic mass is 10.0. The second-order valence-electron chi connectivity index (χ2n) is 6.24. The van der Waals surface area contributed by atoms with Crippen molar-refractivity contribution in [3.05, 3.63) is 71.0 Å². The Kier molecular flexibility index (Phi) is 5.42. The molecule has 0 aliphatic carbocycles. The van der Waals surface area contributed by atoms with Crippen molar-refractivity contribution in [3.8, 4) is 6.07 Å². The largest absolute Gasteiger partial charge is 0.338 e. The van der Waals surface area contributed by atoms with E-state index >= 15 is 0 Å². The van der Waals surface area contributed by atoms with Gasteiger partial charge in [0.1, 0.15) is 5.82 Å². The van der Waals surface area contributed by atoms with Gasteiger partial charge in [0.25, 0.3) is 5.91 Å². The molecule has 0 bridgehead atoms. The highest BCUT2D eigenvalue weighted by atomic mass is 19.1. The lowest BCUT2D eigenvalue weighted by Crippen LogP contribution is -2.44. The van der Waals surface area contributed by atoms with Crippen LogP contribution in [0.3, 0.4) is 0 Å². The van der Waals surface area contributed by atoms with Crippen LogP contribution >= 0.6 is 0 Å². The molecule has 0 unspecified atom stereocenters. The Hall–Kier alpha value is -2.71. The number of hydrogen-bond acceptors (Lipinski definition) is 3. The number of nitrogens with one attached hydrogen (secondary N) is 1. The summed E-state index contributed by atoms with van der Waals surface area (Å²) in [5.74, 6) is -0.697. The first-order valence-electron chi connectivity index (χ1n) is 8.43. The maximum absolute atomic E-state index is 13.8. The Morgan fingerprint density at radius 2 is 1.84 bits per heavy atom. The monoisotopic (exact) mass is 337 g/mol. The SMILES string of the molecule is N#Cc1ccc(CNC2CCN(C(=O)c3ccccc3F)CC2)cc1. The predicted molar refractivity (Wildman–Crippen MR) is 93.3 cm³/mol. The number of nitrogens with zero attached hydrogens (tertiary/aromatic N) is 2. The number of carbonyl (C=O) groups is 1. The number of benzene rings is 2. The van der Waals surface area contributed by atoms with Gasteiger partial charge >= 0.3 is 0 Å². The molecule has 1 fully saturated rings. The van der Waals surface area contributed by atoms with E-state index in [9.17, 15) is 9.18 Å². The van der Waals surface area contributed by atoms with Crippen LogP contribution in [0.5, 0.6) is 0 Å². The van der Waals surface area contributed by atoms with Crippen molar-refractivity contribution < 1.29 is 9.18 Å². The van der Waals surface area contributed by atoms with Crippen molar-refractivity contribution in [3.63, 3.8) is 0 Å². The van der Waals surface area contributed by atoms with E-state index in [2.05, 4.69) is 11.4 Å². The zero-order valence-electron chi connectivity index (χ0n) is 13.9. The van der Waals surface area contributed by atoms with Crippen LogP contribution in [0.15, 0.2) is 48.5 Å². The van der Waals surface area contributed by atoms with Gasteiger partial charge in [0.05, 0.1) is 17.2 Å². The second-order valence-corrected chi connectivity index (χ2v) is 6.24. The fourth-order valence-electron chi connectivity index (χ4n) is 3.05. The number of amides is 1. The van der Waals surface area contributed by atoms with Gasteiger partial charge in [-0.05, 0) is 42.7 Å². The molecule has 1 aliphatic rings. The third-order valence-electron chi connectivity index (χ3n) is 4.56. The summed E-state index contributed by atoms with van der Waals surface area (Å²) in [6.45, 7) is 1.98. The zero-order valence-corrected chi connectivity index (χ0v) is 13.9. The molecule has 1 heterocycles. The molecule has 0 atom stereocenters. The van der Waals surface area contributed by atoms with Crippen LogP contribution in [0.25, 0.3) is 0 Å². The van der Waals surface area contributed by atoms with E-state index in [1.54, 1.807) is 17.0 Å². The van der Waals surface area contributed by atoms with Crippen LogP contribution in [0.1, 0.15) is 34.3 Å². The lowest BCUT2D eigenvalue weighted by Gasteiger charge is -2.32. The first kappa shape index (κ1) is 17.1. The average molecular weight is 337 g/mol. The van der Waals surface area contributed by atoms with E-state index in [-0.39, 0.29) is 11.5 Å². The van der Waals surface area contributed by atoms with E-state index in [1.807, 2.05) is 24.3 Å². The third kappa shape index (κ3) is 4.23. The Bertz CT molecular complexity index is 774. The second kappa shape index (κ2) is 7.91. The number of halogens is 1. The number of rotatable bonds is 4. The minimum absolute atomic E-state index is 0.145. The van der Waals surface area contributed by atoms with Crippen LogP contribution in [0.4, 0.5) is 4.39 Å². The maximum atomic E-state index is 13.8. The van der Waals surface area contributed by atoms with Crippen LogP contribution in [-0.4, -0.2) is 29.9 Å². The Balaban J connectivity index is 1.49. The van der Waals surface area contributed by atoms with Gasteiger partial charge in [-0.2, -0.15) is 5.26 Å². The minimum atomic E-state index is -0.464. The topological polar surface area (TPSA) is 56.1 Å². The van der Waals surface area contributed by atoms with Crippen molar-refractivity contribution >= 4 is 5.91 Å². The molecule has 1 N–H and O–H groups in total. The van der Waals surface area contributed by atoms with Crippen molar-refractivity contribution in [1.82, 2.24) is 10.2 Å². The predicted octanol–water partition coefficient (Wildman–Crippen LogP) is 3.09. The summed E-state index contributed by atoms with van der Waals surface area (Å²) in [5.41, 5.74) is 1.93. The number of likely N-dealkylation sites (tertiary alicyclic amines) is 1. The van der Waals surface area contributed by atoms with E-state index in [4.69, 9.17) is 5.26 Å². The molecule has 2 aromatic rings. The van der Waals surface area contributed by atoms with Crippen LogP contribution in [0.2, 0.25) is 0 Å². The third-order valence-corrected chi connectivity index (χ3v) is 4.56. The first-order valence-corrected chi connectivity index (χ1v) is 8.43. The van der Waals surface area contributed by atoms with Gasteiger partial charge in [-0.25, -0.2) is 4.39 Å². The van der Waals surface area contributed by atoms with Gasteiger partial charge < -0.3 is 10.2 Å². The van der Waals surface area contributed by atoms with E-state index < -0.39 is 5.82 Å².